The molecule has 0 unspecified atom stereocenters. The summed E-state index contributed by atoms with van der Waals surface area (Å²) in [7, 11) is 0. The van der Waals surface area contributed by atoms with Gasteiger partial charge in [0, 0.05) is 19.5 Å². The van der Waals surface area contributed by atoms with Crippen LogP contribution in [0.5, 0.6) is 0 Å². The molecular weight excluding hydrogens is 290 g/mol. The zero-order valence-corrected chi connectivity index (χ0v) is 12.7. The molecule has 1 fully saturated rings. The zero-order chi connectivity index (χ0) is 15.1. The van der Waals surface area contributed by atoms with Crippen molar-refractivity contribution in [2.24, 2.45) is 5.92 Å². The Balaban J connectivity index is 1.69. The SMILES string of the molecule is O=C(Cl)CCC1CCN(C(=O)OCc2ccccc2)CC1. The van der Waals surface area contributed by atoms with Gasteiger partial charge in [-0.05, 0) is 42.3 Å². The smallest absolute Gasteiger partial charge is 0.410 e. The van der Waals surface area contributed by atoms with Crippen molar-refractivity contribution < 1.29 is 14.3 Å². The zero-order valence-electron chi connectivity index (χ0n) is 12.0. The molecule has 2 rings (SSSR count). The number of amides is 1. The summed E-state index contributed by atoms with van der Waals surface area (Å²) in [5.41, 5.74) is 0.987. The molecule has 0 aliphatic carbocycles. The van der Waals surface area contributed by atoms with Crippen molar-refractivity contribution >= 4 is 22.9 Å². The van der Waals surface area contributed by atoms with Crippen molar-refractivity contribution in [2.45, 2.75) is 32.3 Å². The number of hydrogen-bond donors (Lipinski definition) is 0. The van der Waals surface area contributed by atoms with Gasteiger partial charge in [0.05, 0.1) is 0 Å². The third-order valence-electron chi connectivity index (χ3n) is 3.83. The highest BCUT2D eigenvalue weighted by Gasteiger charge is 2.23. The van der Waals surface area contributed by atoms with E-state index in [1.165, 1.54) is 0 Å². The van der Waals surface area contributed by atoms with E-state index in [0.717, 1.165) is 24.8 Å². The number of benzene rings is 1. The Labute approximate surface area is 130 Å². The monoisotopic (exact) mass is 309 g/mol. The standard InChI is InChI=1S/C16H20ClNO3/c17-15(19)7-6-13-8-10-18(11-9-13)16(20)21-12-14-4-2-1-3-5-14/h1-5,13H,6-12H2. The molecule has 0 spiro atoms. The van der Waals surface area contributed by atoms with Gasteiger partial charge in [-0.25, -0.2) is 4.79 Å². The molecule has 1 heterocycles. The Kier molecular flexibility index (Phi) is 6.05. The quantitative estimate of drug-likeness (QED) is 0.781. The van der Waals surface area contributed by atoms with E-state index in [9.17, 15) is 9.59 Å². The molecule has 0 aromatic heterocycles. The lowest BCUT2D eigenvalue weighted by Crippen LogP contribution is -2.38. The van der Waals surface area contributed by atoms with Gasteiger partial charge in [-0.2, -0.15) is 0 Å². The second kappa shape index (κ2) is 8.03. The molecule has 0 radical (unpaired) electrons. The maximum atomic E-state index is 12.0. The highest BCUT2D eigenvalue weighted by Crippen LogP contribution is 2.22. The van der Waals surface area contributed by atoms with Gasteiger partial charge in [-0.3, -0.25) is 4.79 Å². The van der Waals surface area contributed by atoms with E-state index in [4.69, 9.17) is 16.3 Å². The summed E-state index contributed by atoms with van der Waals surface area (Å²) in [5, 5.41) is -0.278. The maximum Gasteiger partial charge on any atom is 0.410 e. The normalized spacial score (nSPS) is 15.8. The lowest BCUT2D eigenvalue weighted by atomic mass is 9.93. The summed E-state index contributed by atoms with van der Waals surface area (Å²) in [6.45, 7) is 1.68. The van der Waals surface area contributed by atoms with Gasteiger partial charge in [0.1, 0.15) is 6.61 Å². The Morgan fingerprint density at radius 2 is 1.86 bits per heavy atom. The fourth-order valence-corrected chi connectivity index (χ4v) is 2.64. The summed E-state index contributed by atoms with van der Waals surface area (Å²) >= 11 is 5.35. The van der Waals surface area contributed by atoms with E-state index >= 15 is 0 Å². The minimum absolute atomic E-state index is 0.259. The van der Waals surface area contributed by atoms with Crippen LogP contribution in [-0.2, 0) is 16.1 Å². The largest absolute Gasteiger partial charge is 0.445 e. The lowest BCUT2D eigenvalue weighted by Gasteiger charge is -2.31. The fourth-order valence-electron chi connectivity index (χ4n) is 2.53. The van der Waals surface area contributed by atoms with Crippen LogP contribution in [0.3, 0.4) is 0 Å². The molecule has 114 valence electrons. The highest BCUT2D eigenvalue weighted by molar-refractivity contribution is 6.63. The van der Waals surface area contributed by atoms with Crippen molar-refractivity contribution in [1.82, 2.24) is 4.90 Å². The lowest BCUT2D eigenvalue weighted by molar-refractivity contribution is -0.112. The van der Waals surface area contributed by atoms with E-state index in [2.05, 4.69) is 0 Å². The first-order valence-electron chi connectivity index (χ1n) is 7.29. The summed E-state index contributed by atoms with van der Waals surface area (Å²) in [4.78, 5) is 24.5. The highest BCUT2D eigenvalue weighted by atomic mass is 35.5. The van der Waals surface area contributed by atoms with Crippen molar-refractivity contribution in [1.29, 1.82) is 0 Å². The Hall–Kier alpha value is -1.55. The van der Waals surface area contributed by atoms with Gasteiger partial charge < -0.3 is 9.64 Å². The van der Waals surface area contributed by atoms with E-state index in [0.29, 0.717) is 32.0 Å². The van der Waals surface area contributed by atoms with Crippen molar-refractivity contribution in [3.63, 3.8) is 0 Å². The summed E-state index contributed by atoms with van der Waals surface area (Å²) < 4.78 is 5.31. The predicted octanol–water partition coefficient (Wildman–Crippen LogP) is 3.58. The van der Waals surface area contributed by atoms with Gasteiger partial charge in [0.15, 0.2) is 0 Å². The van der Waals surface area contributed by atoms with Crippen LogP contribution in [0, 0.1) is 5.92 Å². The number of hydrogen-bond acceptors (Lipinski definition) is 3. The van der Waals surface area contributed by atoms with Gasteiger partial charge in [-0.15, -0.1) is 0 Å². The molecule has 1 aromatic carbocycles. The molecule has 1 aliphatic heterocycles. The molecule has 1 aliphatic rings. The van der Waals surface area contributed by atoms with Gasteiger partial charge in [-0.1, -0.05) is 30.3 Å². The second-order valence-corrected chi connectivity index (χ2v) is 5.79. The molecule has 1 aromatic rings. The van der Waals surface area contributed by atoms with Gasteiger partial charge in [0.25, 0.3) is 0 Å². The average molecular weight is 310 g/mol. The van der Waals surface area contributed by atoms with E-state index in [-0.39, 0.29) is 11.3 Å². The minimum atomic E-state index is -0.278. The van der Waals surface area contributed by atoms with Crippen molar-refractivity contribution in [3.05, 3.63) is 35.9 Å². The van der Waals surface area contributed by atoms with Crippen molar-refractivity contribution in [2.75, 3.05) is 13.1 Å². The molecule has 0 atom stereocenters. The van der Waals surface area contributed by atoms with E-state index < -0.39 is 0 Å². The molecule has 21 heavy (non-hydrogen) atoms. The Bertz CT molecular complexity index is 470. The Morgan fingerprint density at radius 1 is 1.19 bits per heavy atom. The number of piperidine rings is 1. The van der Waals surface area contributed by atoms with Gasteiger partial charge in [0.2, 0.25) is 5.24 Å². The number of nitrogens with zero attached hydrogens (tertiary/aromatic N) is 1. The topological polar surface area (TPSA) is 46.6 Å². The molecule has 0 saturated carbocycles. The molecule has 0 N–H and O–H groups in total. The van der Waals surface area contributed by atoms with Crippen LogP contribution in [0.25, 0.3) is 0 Å². The number of halogens is 1. The first-order chi connectivity index (χ1) is 10.1. The summed E-state index contributed by atoms with van der Waals surface area (Å²) in [6, 6.07) is 9.65. The molecule has 0 bridgehead atoms. The first-order valence-corrected chi connectivity index (χ1v) is 7.67. The van der Waals surface area contributed by atoms with Crippen LogP contribution < -0.4 is 0 Å². The minimum Gasteiger partial charge on any atom is -0.445 e. The van der Waals surface area contributed by atoms with Crippen LogP contribution in [0.1, 0.15) is 31.2 Å². The molecular formula is C16H20ClNO3. The number of likely N-dealkylation sites (tertiary alicyclic amines) is 1. The van der Waals surface area contributed by atoms with Crippen LogP contribution in [-0.4, -0.2) is 29.3 Å². The molecule has 1 amide bonds. The first kappa shape index (κ1) is 15.8. The number of carbonyl (C=O) groups excluding carboxylic acids is 2. The second-order valence-electron chi connectivity index (χ2n) is 5.36. The number of carbonyl (C=O) groups is 2. The fraction of sp³-hybridized carbons (Fsp3) is 0.500. The van der Waals surface area contributed by atoms with E-state index in [1.807, 2.05) is 30.3 Å². The molecule has 4 nitrogen and oxygen atoms in total. The third kappa shape index (κ3) is 5.38. The average Bonchev–Trinajstić information content (AvgIpc) is 2.52. The summed E-state index contributed by atoms with van der Waals surface area (Å²) in [6.07, 6.45) is 2.79. The van der Waals surface area contributed by atoms with Crippen LogP contribution in [0.2, 0.25) is 0 Å². The number of rotatable bonds is 5. The van der Waals surface area contributed by atoms with Crippen LogP contribution >= 0.6 is 11.6 Å². The number of ether oxygens (including phenoxy) is 1. The molecule has 1 saturated heterocycles. The predicted molar refractivity (Wildman–Crippen MR) is 81.0 cm³/mol. The molecule has 5 heteroatoms. The maximum absolute atomic E-state index is 12.0. The van der Waals surface area contributed by atoms with E-state index in [1.54, 1.807) is 4.90 Å². The Morgan fingerprint density at radius 3 is 2.48 bits per heavy atom. The van der Waals surface area contributed by atoms with Gasteiger partial charge >= 0.3 is 6.09 Å². The summed E-state index contributed by atoms with van der Waals surface area (Å²) in [5.74, 6) is 0.478. The van der Waals surface area contributed by atoms with Crippen molar-refractivity contribution in [3.8, 4) is 0 Å². The van der Waals surface area contributed by atoms with Crippen LogP contribution in [0.15, 0.2) is 30.3 Å². The van der Waals surface area contributed by atoms with Crippen LogP contribution in [0.4, 0.5) is 4.79 Å². The third-order valence-corrected chi connectivity index (χ3v) is 4.02.